The molecule has 2 bridgehead atoms. The van der Waals surface area contributed by atoms with E-state index < -0.39 is 5.60 Å². The molecule has 0 unspecified atom stereocenters. The van der Waals surface area contributed by atoms with Crippen molar-refractivity contribution in [3.05, 3.63) is 35.4 Å². The number of fused-ring (bicyclic) bond motifs is 2. The van der Waals surface area contributed by atoms with Gasteiger partial charge in [-0.3, -0.25) is 4.90 Å². The molecule has 3 aliphatic rings. The zero-order valence-corrected chi connectivity index (χ0v) is 18.8. The van der Waals surface area contributed by atoms with Gasteiger partial charge in [0.05, 0.1) is 24.8 Å². The molecule has 7 heteroatoms. The molecule has 0 spiro atoms. The van der Waals surface area contributed by atoms with Gasteiger partial charge in [-0.25, -0.2) is 9.59 Å². The third-order valence-corrected chi connectivity index (χ3v) is 6.35. The van der Waals surface area contributed by atoms with Crippen molar-refractivity contribution in [1.82, 2.24) is 4.90 Å². The zero-order chi connectivity index (χ0) is 22.3. The van der Waals surface area contributed by atoms with E-state index in [0.717, 1.165) is 42.6 Å². The average Bonchev–Trinajstić information content (AvgIpc) is 3.28. The van der Waals surface area contributed by atoms with Crippen LogP contribution in [0.4, 0.5) is 10.5 Å². The standard InChI is InChI=1S/C24H32N2O5/c1-24(2,3)31-23(29)26-17-9-10-20(26)21(22(28)30-4)19(13-17)15-5-7-16(8-6-15)25-12-11-18(27)14-25/h5-8,17-18,20,27H,9-14H2,1-4H3/t17-,18-,20+/m0/s1. The highest BCUT2D eigenvalue weighted by molar-refractivity contribution is 6.00. The summed E-state index contributed by atoms with van der Waals surface area (Å²) in [6, 6.07) is 7.82. The van der Waals surface area contributed by atoms with Crippen LogP contribution in [0.2, 0.25) is 0 Å². The van der Waals surface area contributed by atoms with Crippen molar-refractivity contribution >= 4 is 23.3 Å². The second kappa shape index (κ2) is 8.19. The molecular weight excluding hydrogens is 396 g/mol. The predicted octanol–water partition coefficient (Wildman–Crippen LogP) is 3.36. The van der Waals surface area contributed by atoms with Gasteiger partial charge in [0.2, 0.25) is 0 Å². The summed E-state index contributed by atoms with van der Waals surface area (Å²) in [7, 11) is 1.38. The fourth-order valence-electron chi connectivity index (χ4n) is 5.00. The highest BCUT2D eigenvalue weighted by Gasteiger charge is 2.48. The Morgan fingerprint density at radius 3 is 2.39 bits per heavy atom. The molecule has 4 rings (SSSR count). The maximum absolute atomic E-state index is 12.9. The van der Waals surface area contributed by atoms with Gasteiger partial charge in [0.25, 0.3) is 0 Å². The van der Waals surface area contributed by atoms with Gasteiger partial charge in [0.15, 0.2) is 0 Å². The smallest absolute Gasteiger partial charge is 0.411 e. The summed E-state index contributed by atoms with van der Waals surface area (Å²) in [4.78, 5) is 29.6. The summed E-state index contributed by atoms with van der Waals surface area (Å²) >= 11 is 0. The van der Waals surface area contributed by atoms with E-state index in [2.05, 4.69) is 4.90 Å². The summed E-state index contributed by atoms with van der Waals surface area (Å²) in [5.74, 6) is -0.388. The zero-order valence-electron chi connectivity index (χ0n) is 18.8. The monoisotopic (exact) mass is 428 g/mol. The number of β-amino-alcohol motifs (C(OH)–C–C–N with tert-alkyl or cyclic N) is 1. The quantitative estimate of drug-likeness (QED) is 0.744. The van der Waals surface area contributed by atoms with Gasteiger partial charge in [0.1, 0.15) is 5.60 Å². The lowest BCUT2D eigenvalue weighted by atomic mass is 9.88. The van der Waals surface area contributed by atoms with E-state index in [1.807, 2.05) is 45.0 Å². The van der Waals surface area contributed by atoms with Crippen LogP contribution in [0.3, 0.4) is 0 Å². The second-order valence-corrected chi connectivity index (χ2v) is 9.66. The number of aliphatic hydroxyl groups is 1. The van der Waals surface area contributed by atoms with Gasteiger partial charge in [0, 0.05) is 24.8 Å². The Labute approximate surface area is 183 Å². The molecular formula is C24H32N2O5. The Morgan fingerprint density at radius 2 is 1.81 bits per heavy atom. The van der Waals surface area contributed by atoms with Crippen molar-refractivity contribution in [1.29, 1.82) is 0 Å². The third-order valence-electron chi connectivity index (χ3n) is 6.35. The highest BCUT2D eigenvalue weighted by Crippen LogP contribution is 2.44. The molecule has 0 aliphatic carbocycles. The van der Waals surface area contributed by atoms with Crippen molar-refractivity contribution in [2.45, 2.75) is 70.2 Å². The minimum atomic E-state index is -0.592. The molecule has 7 nitrogen and oxygen atoms in total. The highest BCUT2D eigenvalue weighted by atomic mass is 16.6. The Balaban J connectivity index is 1.65. The molecule has 1 amide bonds. The molecule has 1 aromatic carbocycles. The van der Waals surface area contributed by atoms with E-state index >= 15 is 0 Å². The number of carbonyl (C=O) groups is 2. The first-order valence-electron chi connectivity index (χ1n) is 11.0. The van der Waals surface area contributed by atoms with E-state index in [-0.39, 0.29) is 30.3 Å². The van der Waals surface area contributed by atoms with Crippen molar-refractivity contribution in [2.75, 3.05) is 25.1 Å². The van der Waals surface area contributed by atoms with Crippen molar-refractivity contribution in [2.24, 2.45) is 0 Å². The molecule has 168 valence electrons. The Hall–Kier alpha value is -2.54. The van der Waals surface area contributed by atoms with Gasteiger partial charge in [-0.1, -0.05) is 12.1 Å². The summed E-state index contributed by atoms with van der Waals surface area (Å²) in [6.07, 6.45) is 2.29. The summed E-state index contributed by atoms with van der Waals surface area (Å²) < 4.78 is 10.8. The normalized spacial score (nSPS) is 25.8. The van der Waals surface area contributed by atoms with Gasteiger partial charge in [-0.15, -0.1) is 0 Å². The lowest BCUT2D eigenvalue weighted by Crippen LogP contribution is -2.48. The summed E-state index contributed by atoms with van der Waals surface area (Å²) in [6.45, 7) is 7.02. The molecule has 3 aliphatic heterocycles. The molecule has 3 heterocycles. The molecule has 3 atom stereocenters. The Bertz CT molecular complexity index is 886. The maximum Gasteiger partial charge on any atom is 0.411 e. The number of methoxy groups -OCH3 is 1. The van der Waals surface area contributed by atoms with Crippen LogP contribution in [0, 0.1) is 0 Å². The van der Waals surface area contributed by atoms with Crippen LogP contribution in [-0.4, -0.2) is 66.1 Å². The van der Waals surface area contributed by atoms with Crippen molar-refractivity contribution < 1.29 is 24.2 Å². The number of nitrogens with zero attached hydrogens (tertiary/aromatic N) is 2. The van der Waals surface area contributed by atoms with Crippen LogP contribution >= 0.6 is 0 Å². The minimum absolute atomic E-state index is 0.0108. The molecule has 0 aromatic heterocycles. The van der Waals surface area contributed by atoms with Gasteiger partial charge in [-0.05, 0) is 69.7 Å². The molecule has 31 heavy (non-hydrogen) atoms. The number of aliphatic hydroxyl groups excluding tert-OH is 1. The largest absolute Gasteiger partial charge is 0.466 e. The molecule has 2 saturated heterocycles. The number of amides is 1. The van der Waals surface area contributed by atoms with Crippen molar-refractivity contribution in [3.63, 3.8) is 0 Å². The van der Waals surface area contributed by atoms with E-state index in [1.54, 1.807) is 4.90 Å². The molecule has 0 radical (unpaired) electrons. The number of carbonyl (C=O) groups excluding carboxylic acids is 2. The molecule has 0 saturated carbocycles. The topological polar surface area (TPSA) is 79.3 Å². The number of rotatable bonds is 3. The Kier molecular flexibility index (Phi) is 5.73. The first kappa shape index (κ1) is 21.7. The Morgan fingerprint density at radius 1 is 1.10 bits per heavy atom. The molecule has 2 fully saturated rings. The van der Waals surface area contributed by atoms with Crippen molar-refractivity contribution in [3.8, 4) is 0 Å². The maximum atomic E-state index is 12.9. The van der Waals surface area contributed by atoms with E-state index in [0.29, 0.717) is 18.5 Å². The first-order chi connectivity index (χ1) is 14.7. The molecule has 1 aromatic rings. The van der Waals surface area contributed by atoms with E-state index in [1.165, 1.54) is 7.11 Å². The predicted molar refractivity (Wildman–Crippen MR) is 118 cm³/mol. The number of ether oxygens (including phenoxy) is 2. The SMILES string of the molecule is COC(=O)C1=C(c2ccc(N3CC[C@H](O)C3)cc2)C[C@@H]2CC[C@H]1N2C(=O)OC(C)(C)C. The van der Waals surface area contributed by atoms with Crippen LogP contribution in [0.5, 0.6) is 0 Å². The number of hydrogen-bond donors (Lipinski definition) is 1. The van der Waals surface area contributed by atoms with Crippen LogP contribution < -0.4 is 4.90 Å². The minimum Gasteiger partial charge on any atom is -0.466 e. The number of anilines is 1. The number of benzene rings is 1. The van der Waals surface area contributed by atoms with Crippen LogP contribution in [-0.2, 0) is 14.3 Å². The third kappa shape index (κ3) is 4.28. The lowest BCUT2D eigenvalue weighted by molar-refractivity contribution is -0.136. The summed E-state index contributed by atoms with van der Waals surface area (Å²) in [5.41, 5.74) is 2.96. The van der Waals surface area contributed by atoms with Crippen LogP contribution in [0.15, 0.2) is 29.8 Å². The average molecular weight is 429 g/mol. The molecule has 1 N–H and O–H groups in total. The van der Waals surface area contributed by atoms with Gasteiger partial charge >= 0.3 is 12.1 Å². The van der Waals surface area contributed by atoms with E-state index in [9.17, 15) is 14.7 Å². The van der Waals surface area contributed by atoms with E-state index in [4.69, 9.17) is 9.47 Å². The van der Waals surface area contributed by atoms with Crippen LogP contribution in [0.1, 0.15) is 52.0 Å². The second-order valence-electron chi connectivity index (χ2n) is 9.66. The van der Waals surface area contributed by atoms with Gasteiger partial charge < -0.3 is 19.5 Å². The summed E-state index contributed by atoms with van der Waals surface area (Å²) in [5, 5.41) is 9.80. The lowest BCUT2D eigenvalue weighted by Gasteiger charge is -2.38. The number of hydrogen-bond acceptors (Lipinski definition) is 6. The van der Waals surface area contributed by atoms with Crippen LogP contribution in [0.25, 0.3) is 5.57 Å². The van der Waals surface area contributed by atoms with Gasteiger partial charge in [-0.2, -0.15) is 0 Å². The fourth-order valence-corrected chi connectivity index (χ4v) is 5.00. The first-order valence-corrected chi connectivity index (χ1v) is 11.0. The fraction of sp³-hybridized carbons (Fsp3) is 0.583. The number of esters is 1.